The Bertz CT molecular complexity index is 990. The van der Waals surface area contributed by atoms with Gasteiger partial charge in [-0.05, 0) is 49.8 Å². The molecule has 0 aliphatic carbocycles. The zero-order valence-electron chi connectivity index (χ0n) is 21.8. The first-order chi connectivity index (χ1) is 17.2. The molecule has 6 N–H and O–H groups in total. The average molecular weight is 496 g/mol. The zero-order valence-corrected chi connectivity index (χ0v) is 21.8. The molecular formula is C28H41N5O3. The topological polar surface area (TPSA) is 131 Å². The fraction of sp³-hybridized carbons (Fsp3) is 0.464. The van der Waals surface area contributed by atoms with Crippen LogP contribution in [-0.2, 0) is 27.3 Å². The molecule has 0 saturated carbocycles. The third-order valence-electron chi connectivity index (χ3n) is 6.13. The molecule has 36 heavy (non-hydrogen) atoms. The normalized spacial score (nSPS) is 12.5. The summed E-state index contributed by atoms with van der Waals surface area (Å²) in [5.74, 6) is -1.02. The van der Waals surface area contributed by atoms with Crippen molar-refractivity contribution in [1.29, 1.82) is 0 Å². The summed E-state index contributed by atoms with van der Waals surface area (Å²) in [5, 5.41) is 5.74. The van der Waals surface area contributed by atoms with Crippen molar-refractivity contribution >= 4 is 17.7 Å². The van der Waals surface area contributed by atoms with E-state index in [1.165, 1.54) is 0 Å². The van der Waals surface area contributed by atoms with Gasteiger partial charge in [-0.1, -0.05) is 61.0 Å². The number of nitrogens with zero attached hydrogens (tertiary/aromatic N) is 1. The fourth-order valence-corrected chi connectivity index (χ4v) is 4.00. The number of aryl methyl sites for hydroxylation is 3. The third kappa shape index (κ3) is 9.43. The van der Waals surface area contributed by atoms with Crippen molar-refractivity contribution < 1.29 is 14.4 Å². The van der Waals surface area contributed by atoms with Gasteiger partial charge < -0.3 is 27.0 Å². The lowest BCUT2D eigenvalue weighted by Gasteiger charge is -2.24. The average Bonchev–Trinajstić information content (AvgIpc) is 2.87. The molecule has 0 aromatic heterocycles. The first-order valence-corrected chi connectivity index (χ1v) is 12.7. The molecule has 8 heteroatoms. The van der Waals surface area contributed by atoms with Gasteiger partial charge in [0.15, 0.2) is 0 Å². The standard InChI is InChI=1S/C28H41N5O3/c1-4-15-33(16-14-29)26(34)18-24(30)27(35)32-25(13-12-22-8-6-5-7-9-22)28(36)31-19-23-17-20(2)10-11-21(23)3/h5-11,17,24-25H,4,12-16,18-19,29-30H2,1-3H3,(H,31,36)(H,32,35). The number of nitrogens with two attached hydrogens (primary N) is 2. The number of carbonyl (C=O) groups is 3. The van der Waals surface area contributed by atoms with E-state index in [1.807, 2.05) is 69.3 Å². The molecule has 2 unspecified atom stereocenters. The van der Waals surface area contributed by atoms with Crippen LogP contribution in [-0.4, -0.2) is 54.3 Å². The highest BCUT2D eigenvalue weighted by atomic mass is 16.2. The van der Waals surface area contributed by atoms with Crippen molar-refractivity contribution in [3.05, 3.63) is 70.8 Å². The first kappa shape index (κ1) is 29.0. The highest BCUT2D eigenvalue weighted by Crippen LogP contribution is 2.11. The van der Waals surface area contributed by atoms with E-state index in [0.29, 0.717) is 39.0 Å². The minimum atomic E-state index is -1.05. The van der Waals surface area contributed by atoms with E-state index >= 15 is 0 Å². The van der Waals surface area contributed by atoms with Gasteiger partial charge in [0.05, 0.1) is 12.5 Å². The van der Waals surface area contributed by atoms with E-state index in [4.69, 9.17) is 11.5 Å². The van der Waals surface area contributed by atoms with Crippen molar-refractivity contribution in [2.24, 2.45) is 11.5 Å². The molecule has 2 aromatic rings. The van der Waals surface area contributed by atoms with Crippen LogP contribution in [0.5, 0.6) is 0 Å². The number of hydrogen-bond donors (Lipinski definition) is 4. The highest BCUT2D eigenvalue weighted by molar-refractivity contribution is 5.92. The lowest BCUT2D eigenvalue weighted by atomic mass is 10.0. The van der Waals surface area contributed by atoms with Crippen LogP contribution in [0.2, 0.25) is 0 Å². The second kappa shape index (κ2) is 15.0. The molecule has 0 fully saturated rings. The molecular weight excluding hydrogens is 454 g/mol. The predicted molar refractivity (Wildman–Crippen MR) is 143 cm³/mol. The van der Waals surface area contributed by atoms with Crippen LogP contribution in [0.1, 0.15) is 48.4 Å². The van der Waals surface area contributed by atoms with E-state index in [-0.39, 0.29) is 18.2 Å². The van der Waals surface area contributed by atoms with Gasteiger partial charge >= 0.3 is 0 Å². The lowest BCUT2D eigenvalue weighted by molar-refractivity contribution is -0.135. The Morgan fingerprint density at radius 3 is 2.39 bits per heavy atom. The van der Waals surface area contributed by atoms with Crippen molar-refractivity contribution in [3.63, 3.8) is 0 Å². The molecule has 0 radical (unpaired) electrons. The van der Waals surface area contributed by atoms with Crippen LogP contribution in [0, 0.1) is 13.8 Å². The molecule has 2 atom stereocenters. The maximum Gasteiger partial charge on any atom is 0.242 e. The summed E-state index contributed by atoms with van der Waals surface area (Å²) < 4.78 is 0. The SMILES string of the molecule is CCCN(CCN)C(=O)CC(N)C(=O)NC(CCc1ccccc1)C(=O)NCc1cc(C)ccc1C. The van der Waals surface area contributed by atoms with Crippen LogP contribution >= 0.6 is 0 Å². The molecule has 0 spiro atoms. The molecule has 2 aromatic carbocycles. The molecule has 0 heterocycles. The Morgan fingerprint density at radius 2 is 1.72 bits per heavy atom. The van der Waals surface area contributed by atoms with Crippen LogP contribution in [0.4, 0.5) is 0 Å². The van der Waals surface area contributed by atoms with Crippen molar-refractivity contribution in [3.8, 4) is 0 Å². The highest BCUT2D eigenvalue weighted by Gasteiger charge is 2.26. The Balaban J connectivity index is 2.06. The van der Waals surface area contributed by atoms with Gasteiger partial charge in [-0.2, -0.15) is 0 Å². The number of hydrogen-bond acceptors (Lipinski definition) is 5. The Kier molecular flexibility index (Phi) is 12.1. The summed E-state index contributed by atoms with van der Waals surface area (Å²) in [6.45, 7) is 7.66. The van der Waals surface area contributed by atoms with E-state index in [2.05, 4.69) is 10.6 Å². The molecule has 3 amide bonds. The smallest absolute Gasteiger partial charge is 0.242 e. The maximum atomic E-state index is 13.1. The van der Waals surface area contributed by atoms with E-state index < -0.39 is 18.0 Å². The molecule has 0 aliphatic rings. The monoisotopic (exact) mass is 495 g/mol. The minimum absolute atomic E-state index is 0.138. The number of nitrogens with one attached hydrogen (secondary N) is 2. The maximum absolute atomic E-state index is 13.1. The number of benzene rings is 2. The van der Waals surface area contributed by atoms with Crippen LogP contribution in [0.25, 0.3) is 0 Å². The van der Waals surface area contributed by atoms with Gasteiger partial charge in [0.25, 0.3) is 0 Å². The molecule has 2 rings (SSSR count). The molecule has 0 aliphatic heterocycles. The predicted octanol–water partition coefficient (Wildman–Crippen LogP) is 1.95. The minimum Gasteiger partial charge on any atom is -0.350 e. The Morgan fingerprint density at radius 1 is 1.00 bits per heavy atom. The second-order valence-electron chi connectivity index (χ2n) is 9.21. The molecule has 196 valence electrons. The number of amides is 3. The molecule has 8 nitrogen and oxygen atoms in total. The van der Waals surface area contributed by atoms with Gasteiger partial charge in [-0.25, -0.2) is 0 Å². The fourth-order valence-electron chi connectivity index (χ4n) is 4.00. The van der Waals surface area contributed by atoms with Gasteiger partial charge in [-0.15, -0.1) is 0 Å². The quantitative estimate of drug-likeness (QED) is 0.318. The summed E-state index contributed by atoms with van der Waals surface area (Å²) in [6, 6.07) is 14.0. The van der Waals surface area contributed by atoms with E-state index in [9.17, 15) is 14.4 Å². The van der Waals surface area contributed by atoms with Crippen LogP contribution in [0.15, 0.2) is 48.5 Å². The second-order valence-corrected chi connectivity index (χ2v) is 9.21. The summed E-state index contributed by atoms with van der Waals surface area (Å²) in [6.07, 6.45) is 1.67. The summed E-state index contributed by atoms with van der Waals surface area (Å²) >= 11 is 0. The van der Waals surface area contributed by atoms with E-state index in [1.54, 1.807) is 4.90 Å². The van der Waals surface area contributed by atoms with Gasteiger partial charge in [0, 0.05) is 26.2 Å². The molecule has 0 saturated heterocycles. The van der Waals surface area contributed by atoms with Crippen molar-refractivity contribution in [2.75, 3.05) is 19.6 Å². The van der Waals surface area contributed by atoms with E-state index in [0.717, 1.165) is 28.7 Å². The summed E-state index contributed by atoms with van der Waals surface area (Å²) in [7, 11) is 0. The van der Waals surface area contributed by atoms with Crippen LogP contribution < -0.4 is 22.1 Å². The van der Waals surface area contributed by atoms with Gasteiger partial charge in [-0.3, -0.25) is 14.4 Å². The van der Waals surface area contributed by atoms with Gasteiger partial charge in [0.1, 0.15) is 6.04 Å². The largest absolute Gasteiger partial charge is 0.350 e. The van der Waals surface area contributed by atoms with Crippen LogP contribution in [0.3, 0.4) is 0 Å². The molecule has 0 bridgehead atoms. The first-order valence-electron chi connectivity index (χ1n) is 12.7. The number of rotatable bonds is 14. The van der Waals surface area contributed by atoms with Gasteiger partial charge in [0.2, 0.25) is 17.7 Å². The van der Waals surface area contributed by atoms with Crippen molar-refractivity contribution in [1.82, 2.24) is 15.5 Å². The summed E-state index contributed by atoms with van der Waals surface area (Å²) in [5.41, 5.74) is 16.0. The van der Waals surface area contributed by atoms with Crippen molar-refractivity contribution in [2.45, 2.75) is 65.1 Å². The third-order valence-corrected chi connectivity index (χ3v) is 6.13. The number of carbonyl (C=O) groups excluding carboxylic acids is 3. The lowest BCUT2D eigenvalue weighted by Crippen LogP contribution is -2.53. The Labute approximate surface area is 214 Å². The Hall–Kier alpha value is -3.23. The summed E-state index contributed by atoms with van der Waals surface area (Å²) in [4.78, 5) is 40.3. The zero-order chi connectivity index (χ0) is 26.5.